The average molecular weight is 345 g/mol. The van der Waals surface area contributed by atoms with Crippen molar-refractivity contribution in [2.45, 2.75) is 18.3 Å². The first-order chi connectivity index (χ1) is 10.9. The normalized spacial score (nSPS) is 21.0. The van der Waals surface area contributed by atoms with E-state index < -0.39 is 21.9 Å². The maximum atomic E-state index is 12.1. The minimum atomic E-state index is -3.47. The van der Waals surface area contributed by atoms with Gasteiger partial charge < -0.3 is 9.26 Å². The molecule has 1 unspecified atom stereocenters. The molecule has 0 amide bonds. The Morgan fingerprint density at radius 2 is 2.04 bits per heavy atom. The monoisotopic (exact) mass is 345 g/mol. The summed E-state index contributed by atoms with van der Waals surface area (Å²) in [6.45, 7) is -2.51. The zero-order valence-electron chi connectivity index (χ0n) is 12.0. The highest BCUT2D eigenvalue weighted by Crippen LogP contribution is 2.34. The number of nitrogens with zero attached hydrogens (tertiary/aromatic N) is 3. The van der Waals surface area contributed by atoms with Gasteiger partial charge in [-0.2, -0.15) is 13.8 Å². The van der Waals surface area contributed by atoms with E-state index in [1.54, 1.807) is 0 Å². The fourth-order valence-electron chi connectivity index (χ4n) is 2.31. The molecule has 1 aromatic carbocycles. The topological polar surface area (TPSA) is 85.5 Å². The van der Waals surface area contributed by atoms with Crippen molar-refractivity contribution in [3.05, 3.63) is 30.2 Å². The van der Waals surface area contributed by atoms with Crippen LogP contribution >= 0.6 is 0 Å². The number of halogens is 2. The first-order valence-electron chi connectivity index (χ1n) is 6.72. The van der Waals surface area contributed by atoms with Crippen LogP contribution in [-0.2, 0) is 10.0 Å². The van der Waals surface area contributed by atoms with E-state index in [4.69, 9.17) is 4.52 Å². The lowest BCUT2D eigenvalue weighted by molar-refractivity contribution is -0.0498. The fourth-order valence-corrected chi connectivity index (χ4v) is 3.86. The molecular weight excluding hydrogens is 332 g/mol. The Labute approximate surface area is 130 Å². The molecule has 0 aliphatic carbocycles. The summed E-state index contributed by atoms with van der Waals surface area (Å²) in [5.41, 5.74) is 0.505. The van der Waals surface area contributed by atoms with Gasteiger partial charge in [0.25, 0.3) is 0 Å². The predicted octanol–water partition coefficient (Wildman–Crippen LogP) is 2.04. The SMILES string of the molecule is CN1CCC(c2nc(-c3ccc(OC(F)F)cc3)no2)S1(=O)=O. The third-order valence-corrected chi connectivity index (χ3v) is 5.76. The lowest BCUT2D eigenvalue weighted by atomic mass is 10.2. The van der Waals surface area contributed by atoms with Crippen molar-refractivity contribution in [3.8, 4) is 17.1 Å². The third kappa shape index (κ3) is 3.04. The van der Waals surface area contributed by atoms with Gasteiger partial charge in [-0.15, -0.1) is 0 Å². The molecule has 0 radical (unpaired) electrons. The molecule has 124 valence electrons. The van der Waals surface area contributed by atoms with Crippen LogP contribution in [0.5, 0.6) is 5.75 Å². The Hall–Kier alpha value is -2.07. The Morgan fingerprint density at radius 3 is 2.61 bits per heavy atom. The largest absolute Gasteiger partial charge is 0.435 e. The van der Waals surface area contributed by atoms with E-state index in [1.807, 2.05) is 0 Å². The number of aromatic nitrogens is 2. The average Bonchev–Trinajstić information content (AvgIpc) is 3.05. The van der Waals surface area contributed by atoms with Crippen molar-refractivity contribution in [1.29, 1.82) is 0 Å². The van der Waals surface area contributed by atoms with E-state index in [0.717, 1.165) is 0 Å². The Morgan fingerprint density at radius 1 is 1.35 bits per heavy atom. The maximum absolute atomic E-state index is 12.1. The molecule has 3 rings (SSSR count). The van der Waals surface area contributed by atoms with Gasteiger partial charge in [-0.3, -0.25) is 0 Å². The lowest BCUT2D eigenvalue weighted by Crippen LogP contribution is -2.22. The number of ether oxygens (including phenoxy) is 1. The molecule has 1 saturated heterocycles. The second-order valence-electron chi connectivity index (χ2n) is 5.00. The maximum Gasteiger partial charge on any atom is 0.387 e. The summed E-state index contributed by atoms with van der Waals surface area (Å²) >= 11 is 0. The van der Waals surface area contributed by atoms with Crippen LogP contribution in [0.4, 0.5) is 8.78 Å². The second-order valence-corrected chi connectivity index (χ2v) is 7.23. The first-order valence-corrected chi connectivity index (χ1v) is 8.22. The molecule has 2 aromatic rings. The molecule has 0 N–H and O–H groups in total. The van der Waals surface area contributed by atoms with E-state index in [-0.39, 0.29) is 17.5 Å². The summed E-state index contributed by atoms with van der Waals surface area (Å²) in [6.07, 6.45) is 0.377. The zero-order chi connectivity index (χ0) is 16.6. The van der Waals surface area contributed by atoms with Gasteiger partial charge in [-0.1, -0.05) is 5.16 Å². The molecule has 1 aliphatic rings. The van der Waals surface area contributed by atoms with Crippen LogP contribution < -0.4 is 4.74 Å². The molecule has 1 aliphatic heterocycles. The van der Waals surface area contributed by atoms with Crippen molar-refractivity contribution in [1.82, 2.24) is 14.4 Å². The molecule has 23 heavy (non-hydrogen) atoms. The van der Waals surface area contributed by atoms with Gasteiger partial charge in [0.1, 0.15) is 5.75 Å². The van der Waals surface area contributed by atoms with Crippen LogP contribution in [0.3, 0.4) is 0 Å². The van der Waals surface area contributed by atoms with E-state index in [0.29, 0.717) is 18.5 Å². The van der Waals surface area contributed by atoms with Crippen LogP contribution in [-0.4, -0.2) is 43.1 Å². The van der Waals surface area contributed by atoms with Crippen LogP contribution in [0.1, 0.15) is 17.6 Å². The summed E-state index contributed by atoms with van der Waals surface area (Å²) in [5.74, 6) is 0.220. The van der Waals surface area contributed by atoms with Crippen LogP contribution in [0.25, 0.3) is 11.4 Å². The van der Waals surface area contributed by atoms with Gasteiger partial charge in [0.2, 0.25) is 21.7 Å². The number of hydrogen-bond acceptors (Lipinski definition) is 6. The van der Waals surface area contributed by atoms with Crippen LogP contribution in [0.15, 0.2) is 28.8 Å². The van der Waals surface area contributed by atoms with Crippen molar-refractivity contribution in [3.63, 3.8) is 0 Å². The standard InChI is InChI=1S/C13H13F2N3O4S/c1-18-7-6-10(23(18,19)20)12-16-11(17-22-12)8-2-4-9(5-3-8)21-13(14)15/h2-5,10,13H,6-7H2,1H3. The van der Waals surface area contributed by atoms with E-state index in [9.17, 15) is 17.2 Å². The molecule has 1 fully saturated rings. The highest BCUT2D eigenvalue weighted by atomic mass is 32.2. The summed E-state index contributed by atoms with van der Waals surface area (Å²) < 4.78 is 59.0. The van der Waals surface area contributed by atoms with E-state index in [2.05, 4.69) is 14.9 Å². The summed E-state index contributed by atoms with van der Waals surface area (Å²) in [6, 6.07) is 5.67. The quantitative estimate of drug-likeness (QED) is 0.843. The molecule has 1 aromatic heterocycles. The Kier molecular flexibility index (Phi) is 4.02. The number of alkyl halides is 2. The Balaban J connectivity index is 1.82. The third-order valence-electron chi connectivity index (χ3n) is 3.56. The zero-order valence-corrected chi connectivity index (χ0v) is 12.8. The molecule has 2 heterocycles. The van der Waals surface area contributed by atoms with Gasteiger partial charge in [-0.25, -0.2) is 12.7 Å². The number of rotatable bonds is 4. The molecular formula is C13H13F2N3O4S. The van der Waals surface area contributed by atoms with Crippen molar-refractivity contribution in [2.24, 2.45) is 0 Å². The minimum Gasteiger partial charge on any atom is -0.435 e. The number of benzene rings is 1. The smallest absolute Gasteiger partial charge is 0.387 e. The van der Waals surface area contributed by atoms with Crippen LogP contribution in [0, 0.1) is 0 Å². The number of hydrogen-bond donors (Lipinski definition) is 0. The lowest BCUT2D eigenvalue weighted by Gasteiger charge is -2.08. The van der Waals surface area contributed by atoms with Gasteiger partial charge >= 0.3 is 6.61 Å². The van der Waals surface area contributed by atoms with E-state index >= 15 is 0 Å². The van der Waals surface area contributed by atoms with Crippen LogP contribution in [0.2, 0.25) is 0 Å². The van der Waals surface area contributed by atoms with Crippen molar-refractivity contribution in [2.75, 3.05) is 13.6 Å². The van der Waals surface area contributed by atoms with E-state index in [1.165, 1.54) is 35.6 Å². The van der Waals surface area contributed by atoms with Gasteiger partial charge in [0.05, 0.1) is 0 Å². The highest BCUT2D eigenvalue weighted by Gasteiger charge is 2.41. The summed E-state index contributed by atoms with van der Waals surface area (Å²) in [5, 5.41) is 2.90. The molecule has 0 spiro atoms. The first kappa shape index (κ1) is 15.8. The van der Waals surface area contributed by atoms with Crippen molar-refractivity contribution < 1.29 is 26.5 Å². The molecule has 7 nitrogen and oxygen atoms in total. The Bertz CT molecular complexity index is 792. The highest BCUT2D eigenvalue weighted by molar-refractivity contribution is 7.89. The number of sulfonamides is 1. The van der Waals surface area contributed by atoms with Gasteiger partial charge in [-0.05, 0) is 30.7 Å². The molecule has 0 saturated carbocycles. The molecule has 1 atom stereocenters. The summed E-state index contributed by atoms with van der Waals surface area (Å²) in [7, 11) is -1.98. The molecule has 0 bridgehead atoms. The predicted molar refractivity (Wildman–Crippen MR) is 75.3 cm³/mol. The fraction of sp³-hybridized carbons (Fsp3) is 0.385. The minimum absolute atomic E-state index is 0.00691. The summed E-state index contributed by atoms with van der Waals surface area (Å²) in [4.78, 5) is 4.11. The van der Waals surface area contributed by atoms with Crippen molar-refractivity contribution >= 4 is 10.0 Å². The molecule has 10 heteroatoms. The van der Waals surface area contributed by atoms with Gasteiger partial charge in [0.15, 0.2) is 5.25 Å². The second kappa shape index (κ2) is 5.85. The van der Waals surface area contributed by atoms with Gasteiger partial charge in [0, 0.05) is 19.2 Å².